The Hall–Kier alpha value is -3.51. The molecule has 2 amide bonds. The van der Waals surface area contributed by atoms with E-state index >= 15 is 0 Å². The van der Waals surface area contributed by atoms with Crippen LogP contribution in [0.1, 0.15) is 59.8 Å². The second kappa shape index (κ2) is 9.32. The maximum atomic E-state index is 13.1. The maximum Gasteiger partial charge on any atom is 0.328 e. The van der Waals surface area contributed by atoms with Gasteiger partial charge < -0.3 is 9.47 Å². The minimum Gasteiger partial charge on any atom is -0.489 e. The fourth-order valence-electron chi connectivity index (χ4n) is 4.04. The van der Waals surface area contributed by atoms with Crippen molar-refractivity contribution in [3.8, 4) is 11.8 Å². The van der Waals surface area contributed by atoms with E-state index in [1.54, 1.807) is 0 Å². The molecule has 0 saturated carbocycles. The van der Waals surface area contributed by atoms with E-state index < -0.39 is 6.03 Å². The molecule has 1 atom stereocenters. The SMILES string of the molecule is CC(C)Oc1cc(NC(=O)N2CCCc3cc([C@@H]4CCOC4)c(C=O)nc32)ncc1C#N. The van der Waals surface area contributed by atoms with Crippen molar-refractivity contribution in [3.05, 3.63) is 40.7 Å². The molecule has 2 aromatic rings. The topological polar surface area (TPSA) is 117 Å². The van der Waals surface area contributed by atoms with Gasteiger partial charge in [-0.2, -0.15) is 5.26 Å². The summed E-state index contributed by atoms with van der Waals surface area (Å²) in [5.74, 6) is 1.27. The Bertz CT molecular complexity index is 1070. The summed E-state index contributed by atoms with van der Waals surface area (Å²) >= 11 is 0. The number of nitriles is 1. The van der Waals surface area contributed by atoms with Gasteiger partial charge in [-0.3, -0.25) is 15.0 Å². The van der Waals surface area contributed by atoms with Gasteiger partial charge in [-0.25, -0.2) is 14.8 Å². The summed E-state index contributed by atoms with van der Waals surface area (Å²) in [4.78, 5) is 35.1. The molecular weight excluding hydrogens is 410 g/mol. The van der Waals surface area contributed by atoms with Crippen LogP contribution in [-0.4, -0.2) is 48.1 Å². The van der Waals surface area contributed by atoms with Crippen LogP contribution in [0.25, 0.3) is 0 Å². The lowest BCUT2D eigenvalue weighted by atomic mass is 9.93. The lowest BCUT2D eigenvalue weighted by molar-refractivity contribution is 0.111. The first-order chi connectivity index (χ1) is 15.5. The lowest BCUT2D eigenvalue weighted by Gasteiger charge is -2.29. The van der Waals surface area contributed by atoms with E-state index in [-0.39, 0.29) is 17.8 Å². The molecule has 1 N–H and O–H groups in total. The number of rotatable bonds is 5. The number of amides is 2. The summed E-state index contributed by atoms with van der Waals surface area (Å²) < 4.78 is 11.1. The summed E-state index contributed by atoms with van der Waals surface area (Å²) in [5.41, 5.74) is 2.47. The molecular formula is C23H25N5O4. The quantitative estimate of drug-likeness (QED) is 0.715. The minimum atomic E-state index is -0.403. The van der Waals surface area contributed by atoms with E-state index in [1.807, 2.05) is 26.0 Å². The number of urea groups is 1. The van der Waals surface area contributed by atoms with Gasteiger partial charge in [0.25, 0.3) is 0 Å². The van der Waals surface area contributed by atoms with Crippen molar-refractivity contribution in [2.75, 3.05) is 30.0 Å². The zero-order valence-corrected chi connectivity index (χ0v) is 18.1. The van der Waals surface area contributed by atoms with E-state index in [1.165, 1.54) is 17.2 Å². The molecule has 2 aliphatic rings. The molecule has 32 heavy (non-hydrogen) atoms. The molecule has 4 heterocycles. The third-order valence-electron chi connectivity index (χ3n) is 5.53. The first-order valence-corrected chi connectivity index (χ1v) is 10.7. The van der Waals surface area contributed by atoms with E-state index in [4.69, 9.17) is 9.47 Å². The number of fused-ring (bicyclic) bond motifs is 1. The zero-order chi connectivity index (χ0) is 22.7. The molecule has 0 radical (unpaired) electrons. The number of anilines is 2. The number of aryl methyl sites for hydroxylation is 1. The molecule has 9 nitrogen and oxygen atoms in total. The highest BCUT2D eigenvalue weighted by Crippen LogP contribution is 2.33. The van der Waals surface area contributed by atoms with Gasteiger partial charge in [0.05, 0.1) is 18.9 Å². The molecule has 0 unspecified atom stereocenters. The fourth-order valence-corrected chi connectivity index (χ4v) is 4.04. The van der Waals surface area contributed by atoms with Gasteiger partial charge in [0.2, 0.25) is 0 Å². The summed E-state index contributed by atoms with van der Waals surface area (Å²) in [7, 11) is 0. The van der Waals surface area contributed by atoms with Crippen molar-refractivity contribution >= 4 is 24.0 Å². The average Bonchev–Trinajstić information content (AvgIpc) is 3.32. The van der Waals surface area contributed by atoms with Gasteiger partial charge in [-0.15, -0.1) is 0 Å². The van der Waals surface area contributed by atoms with Crippen LogP contribution in [0.3, 0.4) is 0 Å². The Labute approximate surface area is 186 Å². The van der Waals surface area contributed by atoms with Gasteiger partial charge in [-0.1, -0.05) is 0 Å². The van der Waals surface area contributed by atoms with Crippen LogP contribution in [0.4, 0.5) is 16.4 Å². The predicted molar refractivity (Wildman–Crippen MR) is 117 cm³/mol. The maximum absolute atomic E-state index is 13.1. The lowest BCUT2D eigenvalue weighted by Crippen LogP contribution is -2.40. The summed E-state index contributed by atoms with van der Waals surface area (Å²) in [6.07, 6.45) is 4.41. The highest BCUT2D eigenvalue weighted by Gasteiger charge is 2.29. The normalized spacial score (nSPS) is 17.6. The fraction of sp³-hybridized carbons (Fsp3) is 0.435. The van der Waals surface area contributed by atoms with Crippen LogP contribution in [0, 0.1) is 11.3 Å². The molecule has 2 aliphatic heterocycles. The van der Waals surface area contributed by atoms with Crippen LogP contribution in [0.15, 0.2) is 18.3 Å². The standard InChI is InChI=1S/C23H25N5O4/c1-14(2)32-20-9-21(25-11-17(20)10-24)27-23(30)28-6-3-4-15-8-18(16-5-7-31-13-16)19(12-29)26-22(15)28/h8-9,11-12,14,16H,3-7,13H2,1-2H3,(H,25,27,30)/t16-/m1/s1. The van der Waals surface area contributed by atoms with E-state index in [0.29, 0.717) is 42.6 Å². The molecule has 9 heteroatoms. The molecule has 166 valence electrons. The summed E-state index contributed by atoms with van der Waals surface area (Å²) in [6.45, 7) is 5.44. The second-order valence-electron chi connectivity index (χ2n) is 8.15. The molecule has 1 saturated heterocycles. The van der Waals surface area contributed by atoms with Crippen LogP contribution in [-0.2, 0) is 11.2 Å². The Balaban J connectivity index is 1.60. The molecule has 0 aliphatic carbocycles. The molecule has 2 aromatic heterocycles. The van der Waals surface area contributed by atoms with Gasteiger partial charge in [-0.05, 0) is 50.3 Å². The van der Waals surface area contributed by atoms with Crippen LogP contribution in [0.2, 0.25) is 0 Å². The van der Waals surface area contributed by atoms with Gasteiger partial charge >= 0.3 is 6.03 Å². The van der Waals surface area contributed by atoms with Gasteiger partial charge in [0.15, 0.2) is 6.29 Å². The Morgan fingerprint density at radius 1 is 1.44 bits per heavy atom. The number of aromatic nitrogens is 2. The third-order valence-corrected chi connectivity index (χ3v) is 5.53. The number of nitrogens with zero attached hydrogens (tertiary/aromatic N) is 4. The van der Waals surface area contributed by atoms with Crippen molar-refractivity contribution in [3.63, 3.8) is 0 Å². The minimum absolute atomic E-state index is 0.132. The molecule has 0 spiro atoms. The number of ether oxygens (including phenoxy) is 2. The Kier molecular flexibility index (Phi) is 6.32. The average molecular weight is 435 g/mol. The predicted octanol–water partition coefficient (Wildman–Crippen LogP) is 3.44. The number of nitrogens with one attached hydrogen (secondary N) is 1. The first-order valence-electron chi connectivity index (χ1n) is 10.7. The molecule has 0 aromatic carbocycles. The molecule has 4 rings (SSSR count). The first kappa shape index (κ1) is 21.7. The summed E-state index contributed by atoms with van der Waals surface area (Å²) in [6, 6.07) is 5.17. The number of aldehydes is 1. The van der Waals surface area contributed by atoms with Crippen molar-refractivity contribution in [1.82, 2.24) is 9.97 Å². The van der Waals surface area contributed by atoms with E-state index in [9.17, 15) is 14.9 Å². The molecule has 0 bridgehead atoms. The number of hydrogen-bond acceptors (Lipinski definition) is 7. The van der Waals surface area contributed by atoms with Crippen molar-refractivity contribution in [2.24, 2.45) is 0 Å². The third kappa shape index (κ3) is 4.41. The van der Waals surface area contributed by atoms with Gasteiger partial charge in [0, 0.05) is 25.1 Å². The van der Waals surface area contributed by atoms with Crippen molar-refractivity contribution in [1.29, 1.82) is 5.26 Å². The van der Waals surface area contributed by atoms with Crippen molar-refractivity contribution in [2.45, 2.75) is 45.1 Å². The highest BCUT2D eigenvalue weighted by molar-refractivity contribution is 6.01. The van der Waals surface area contributed by atoms with Crippen LogP contribution in [0.5, 0.6) is 5.75 Å². The smallest absolute Gasteiger partial charge is 0.328 e. The molecule has 1 fully saturated rings. The van der Waals surface area contributed by atoms with Crippen LogP contribution < -0.4 is 15.0 Å². The second-order valence-corrected chi connectivity index (χ2v) is 8.15. The number of hydrogen-bond donors (Lipinski definition) is 1. The van der Waals surface area contributed by atoms with Crippen LogP contribution >= 0.6 is 0 Å². The number of carbonyl (C=O) groups is 2. The Morgan fingerprint density at radius 2 is 2.28 bits per heavy atom. The number of carbonyl (C=O) groups excluding carboxylic acids is 2. The highest BCUT2D eigenvalue weighted by atomic mass is 16.5. The van der Waals surface area contributed by atoms with Crippen molar-refractivity contribution < 1.29 is 19.1 Å². The van der Waals surface area contributed by atoms with Gasteiger partial charge in [0.1, 0.15) is 34.7 Å². The monoisotopic (exact) mass is 435 g/mol. The van der Waals surface area contributed by atoms with E-state index in [0.717, 1.165) is 36.7 Å². The zero-order valence-electron chi connectivity index (χ0n) is 18.1. The Morgan fingerprint density at radius 3 is 2.97 bits per heavy atom. The van der Waals surface area contributed by atoms with E-state index in [2.05, 4.69) is 15.3 Å². The largest absolute Gasteiger partial charge is 0.489 e. The number of pyridine rings is 2. The summed E-state index contributed by atoms with van der Waals surface area (Å²) in [5, 5.41) is 12.0.